The number of fused-ring (bicyclic) bond motifs is 1. The number of carbonyl (C=O) groups is 1. The van der Waals surface area contributed by atoms with Gasteiger partial charge in [-0.3, -0.25) is 9.52 Å². The Morgan fingerprint density at radius 3 is 2.68 bits per heavy atom. The second kappa shape index (κ2) is 6.57. The molecule has 1 amide bonds. The van der Waals surface area contributed by atoms with Gasteiger partial charge in [0.25, 0.3) is 10.0 Å². The van der Waals surface area contributed by atoms with Crippen molar-refractivity contribution in [3.63, 3.8) is 0 Å². The van der Waals surface area contributed by atoms with E-state index in [0.29, 0.717) is 35.0 Å². The fraction of sp³-hybridized carbons (Fsp3) is 0.235. The Balaban J connectivity index is 1.95. The van der Waals surface area contributed by atoms with Gasteiger partial charge in [0.05, 0.1) is 17.7 Å². The Bertz CT molecular complexity index is 957. The van der Waals surface area contributed by atoms with Crippen LogP contribution in [-0.4, -0.2) is 21.4 Å². The van der Waals surface area contributed by atoms with E-state index in [1.807, 2.05) is 0 Å². The van der Waals surface area contributed by atoms with Crippen molar-refractivity contribution in [2.45, 2.75) is 24.7 Å². The average molecular weight is 381 g/mol. The molecule has 2 aromatic carbocycles. The quantitative estimate of drug-likeness (QED) is 0.851. The molecule has 132 valence electrons. The van der Waals surface area contributed by atoms with Crippen LogP contribution in [0.3, 0.4) is 0 Å². The number of anilines is 2. The van der Waals surface area contributed by atoms with E-state index in [4.69, 9.17) is 16.3 Å². The molecule has 1 aliphatic rings. The lowest BCUT2D eigenvalue weighted by Gasteiger charge is -2.18. The molecular formula is C17H17ClN2O4S. The van der Waals surface area contributed by atoms with E-state index in [1.165, 1.54) is 13.2 Å². The van der Waals surface area contributed by atoms with Gasteiger partial charge in [0.2, 0.25) is 5.91 Å². The van der Waals surface area contributed by atoms with E-state index in [9.17, 15) is 13.2 Å². The first-order chi connectivity index (χ1) is 11.8. The second-order valence-corrected chi connectivity index (χ2v) is 7.86. The predicted molar refractivity (Wildman–Crippen MR) is 96.9 cm³/mol. The van der Waals surface area contributed by atoms with Gasteiger partial charge in [0, 0.05) is 23.2 Å². The number of halogens is 1. The van der Waals surface area contributed by atoms with Crippen molar-refractivity contribution < 1.29 is 17.9 Å². The standard InChI is InChI=1S/C17H17ClN2O4S/c1-10-7-15(16(24-2)9-13(10)18)20-25(22,23)12-4-5-14-11(8-12)3-6-17(21)19-14/h4-5,7-9,20H,3,6H2,1-2H3,(H,19,21). The van der Waals surface area contributed by atoms with Crippen LogP contribution in [0.2, 0.25) is 5.02 Å². The minimum absolute atomic E-state index is 0.0670. The number of amides is 1. The molecule has 0 radical (unpaired) electrons. The van der Waals surface area contributed by atoms with Crippen LogP contribution < -0.4 is 14.8 Å². The number of ether oxygens (including phenoxy) is 1. The smallest absolute Gasteiger partial charge is 0.262 e. The number of benzene rings is 2. The maximum Gasteiger partial charge on any atom is 0.262 e. The van der Waals surface area contributed by atoms with Gasteiger partial charge < -0.3 is 10.1 Å². The highest BCUT2D eigenvalue weighted by Gasteiger charge is 2.21. The van der Waals surface area contributed by atoms with Crippen LogP contribution in [0.1, 0.15) is 17.5 Å². The topological polar surface area (TPSA) is 84.5 Å². The van der Waals surface area contributed by atoms with Crippen molar-refractivity contribution >= 4 is 38.9 Å². The molecule has 8 heteroatoms. The van der Waals surface area contributed by atoms with Crippen molar-refractivity contribution in [1.82, 2.24) is 0 Å². The van der Waals surface area contributed by atoms with Crippen LogP contribution in [0, 0.1) is 6.92 Å². The number of rotatable bonds is 4. The van der Waals surface area contributed by atoms with E-state index < -0.39 is 10.0 Å². The van der Waals surface area contributed by atoms with Crippen LogP contribution in [0.4, 0.5) is 11.4 Å². The summed E-state index contributed by atoms with van der Waals surface area (Å²) in [5, 5.41) is 3.22. The van der Waals surface area contributed by atoms with Gasteiger partial charge in [-0.25, -0.2) is 8.42 Å². The lowest BCUT2D eigenvalue weighted by molar-refractivity contribution is -0.116. The van der Waals surface area contributed by atoms with E-state index >= 15 is 0 Å². The molecule has 1 heterocycles. The average Bonchev–Trinajstić information content (AvgIpc) is 2.57. The molecule has 0 saturated carbocycles. The van der Waals surface area contributed by atoms with Crippen LogP contribution in [-0.2, 0) is 21.2 Å². The Hall–Kier alpha value is -2.25. The van der Waals surface area contributed by atoms with Crippen LogP contribution in [0.15, 0.2) is 35.2 Å². The SMILES string of the molecule is COc1cc(Cl)c(C)cc1NS(=O)(=O)c1ccc2c(c1)CCC(=O)N2. The minimum atomic E-state index is -3.81. The Morgan fingerprint density at radius 1 is 1.20 bits per heavy atom. The summed E-state index contributed by atoms with van der Waals surface area (Å²) in [4.78, 5) is 11.5. The fourth-order valence-corrected chi connectivity index (χ4v) is 3.91. The molecule has 0 saturated heterocycles. The number of sulfonamides is 1. The monoisotopic (exact) mass is 380 g/mol. The predicted octanol–water partition coefficient (Wildman–Crippen LogP) is 3.34. The zero-order valence-electron chi connectivity index (χ0n) is 13.7. The van der Waals surface area contributed by atoms with Gasteiger partial charge in [0.1, 0.15) is 5.75 Å². The summed E-state index contributed by atoms with van der Waals surface area (Å²) in [6.07, 6.45) is 0.849. The maximum atomic E-state index is 12.7. The van der Waals surface area contributed by atoms with Gasteiger partial charge >= 0.3 is 0 Å². The number of aryl methyl sites for hydroxylation is 2. The molecule has 0 bridgehead atoms. The zero-order valence-corrected chi connectivity index (χ0v) is 15.3. The zero-order chi connectivity index (χ0) is 18.2. The summed E-state index contributed by atoms with van der Waals surface area (Å²) in [5.41, 5.74) is 2.49. The van der Waals surface area contributed by atoms with Gasteiger partial charge in [-0.2, -0.15) is 0 Å². The van der Waals surface area contributed by atoms with Crippen molar-refractivity contribution in [1.29, 1.82) is 0 Å². The fourth-order valence-electron chi connectivity index (χ4n) is 2.64. The lowest BCUT2D eigenvalue weighted by Crippen LogP contribution is -2.20. The lowest BCUT2D eigenvalue weighted by atomic mass is 10.0. The third-order valence-electron chi connectivity index (χ3n) is 4.01. The van der Waals surface area contributed by atoms with Gasteiger partial charge in [-0.15, -0.1) is 0 Å². The summed E-state index contributed by atoms with van der Waals surface area (Å²) >= 11 is 6.05. The third kappa shape index (κ3) is 3.57. The molecule has 1 aliphatic heterocycles. The molecule has 25 heavy (non-hydrogen) atoms. The molecule has 2 N–H and O–H groups in total. The first-order valence-corrected chi connectivity index (χ1v) is 9.46. The summed E-state index contributed by atoms with van der Waals surface area (Å²) in [7, 11) is -2.36. The molecular weight excluding hydrogens is 364 g/mol. The highest BCUT2D eigenvalue weighted by molar-refractivity contribution is 7.92. The minimum Gasteiger partial charge on any atom is -0.495 e. The Labute approximate surface area is 151 Å². The summed E-state index contributed by atoms with van der Waals surface area (Å²) in [6.45, 7) is 1.78. The number of methoxy groups -OCH3 is 1. The number of nitrogens with one attached hydrogen (secondary N) is 2. The van der Waals surface area contributed by atoms with Gasteiger partial charge in [-0.1, -0.05) is 11.6 Å². The molecule has 0 unspecified atom stereocenters. The first kappa shape index (κ1) is 17.6. The van der Waals surface area contributed by atoms with Crippen LogP contribution in [0.25, 0.3) is 0 Å². The molecule has 2 aromatic rings. The largest absolute Gasteiger partial charge is 0.495 e. The highest BCUT2D eigenvalue weighted by Crippen LogP contribution is 2.33. The van der Waals surface area contributed by atoms with Crippen molar-refractivity contribution in [2.75, 3.05) is 17.1 Å². The van der Waals surface area contributed by atoms with Gasteiger partial charge in [0.15, 0.2) is 0 Å². The maximum absolute atomic E-state index is 12.7. The summed E-state index contributed by atoms with van der Waals surface area (Å²) < 4.78 is 33.2. The Kier molecular flexibility index (Phi) is 4.62. The van der Waals surface area contributed by atoms with E-state index in [0.717, 1.165) is 11.1 Å². The Morgan fingerprint density at radius 2 is 1.96 bits per heavy atom. The van der Waals surface area contributed by atoms with Crippen LogP contribution >= 0.6 is 11.6 Å². The van der Waals surface area contributed by atoms with Crippen molar-refractivity contribution in [3.05, 3.63) is 46.5 Å². The summed E-state index contributed by atoms with van der Waals surface area (Å²) in [6, 6.07) is 7.83. The van der Waals surface area contributed by atoms with Crippen LogP contribution in [0.5, 0.6) is 5.75 Å². The van der Waals surface area contributed by atoms with Crippen molar-refractivity contribution in [2.24, 2.45) is 0 Å². The number of hydrogen-bond donors (Lipinski definition) is 2. The molecule has 6 nitrogen and oxygen atoms in total. The molecule has 0 fully saturated rings. The third-order valence-corrected chi connectivity index (χ3v) is 5.78. The van der Waals surface area contributed by atoms with E-state index in [1.54, 1.807) is 31.2 Å². The number of hydrogen-bond acceptors (Lipinski definition) is 4. The van der Waals surface area contributed by atoms with E-state index in [-0.39, 0.29) is 10.8 Å². The molecule has 0 aromatic heterocycles. The molecule has 0 aliphatic carbocycles. The van der Waals surface area contributed by atoms with E-state index in [2.05, 4.69) is 10.0 Å². The second-order valence-electron chi connectivity index (χ2n) is 5.77. The summed E-state index contributed by atoms with van der Waals surface area (Å²) in [5.74, 6) is 0.270. The molecule has 0 atom stereocenters. The first-order valence-electron chi connectivity index (χ1n) is 7.60. The molecule has 0 spiro atoms. The van der Waals surface area contributed by atoms with Gasteiger partial charge in [-0.05, 0) is 48.7 Å². The number of carbonyl (C=O) groups excluding carboxylic acids is 1. The normalized spacial score (nSPS) is 13.8. The molecule has 3 rings (SSSR count). The van der Waals surface area contributed by atoms with Crippen molar-refractivity contribution in [3.8, 4) is 5.75 Å². The highest BCUT2D eigenvalue weighted by atomic mass is 35.5.